The number of amides is 1. The summed E-state index contributed by atoms with van der Waals surface area (Å²) in [5, 5.41) is 11.5. The summed E-state index contributed by atoms with van der Waals surface area (Å²) in [5.74, 6) is -1.06. The first kappa shape index (κ1) is 19.4. The SMILES string of the molecule is CCS(=O)(=O)N1CCC(C(=O)Nc2ccc(CCC(=O)O)cc2)CC1. The van der Waals surface area contributed by atoms with E-state index >= 15 is 0 Å². The number of hydrogen-bond donors (Lipinski definition) is 2. The maximum absolute atomic E-state index is 12.3. The first-order valence-electron chi connectivity index (χ1n) is 8.41. The van der Waals surface area contributed by atoms with Gasteiger partial charge in [0, 0.05) is 31.1 Å². The van der Waals surface area contributed by atoms with E-state index < -0.39 is 16.0 Å². The summed E-state index contributed by atoms with van der Waals surface area (Å²) in [6.07, 6.45) is 1.56. The first-order valence-corrected chi connectivity index (χ1v) is 10.0. The van der Waals surface area contributed by atoms with Gasteiger partial charge in [0.2, 0.25) is 15.9 Å². The molecule has 1 aromatic carbocycles. The Bertz CT molecular complexity index is 707. The average Bonchev–Trinajstić information content (AvgIpc) is 2.61. The summed E-state index contributed by atoms with van der Waals surface area (Å²) in [4.78, 5) is 22.9. The quantitative estimate of drug-likeness (QED) is 0.762. The van der Waals surface area contributed by atoms with E-state index in [2.05, 4.69) is 5.32 Å². The molecule has 25 heavy (non-hydrogen) atoms. The van der Waals surface area contributed by atoms with Crippen LogP contribution in [-0.4, -0.2) is 48.5 Å². The van der Waals surface area contributed by atoms with Crippen molar-refractivity contribution in [3.63, 3.8) is 0 Å². The number of carboxylic acid groups (broad SMARTS) is 1. The van der Waals surface area contributed by atoms with Crippen molar-refractivity contribution in [2.45, 2.75) is 32.6 Å². The topological polar surface area (TPSA) is 104 Å². The highest BCUT2D eigenvalue weighted by molar-refractivity contribution is 7.89. The van der Waals surface area contributed by atoms with E-state index in [0.29, 0.717) is 38.0 Å². The molecule has 2 N–H and O–H groups in total. The monoisotopic (exact) mass is 368 g/mol. The fourth-order valence-corrected chi connectivity index (χ4v) is 3.96. The number of benzene rings is 1. The van der Waals surface area contributed by atoms with Crippen LogP contribution < -0.4 is 5.32 Å². The molecular weight excluding hydrogens is 344 g/mol. The van der Waals surface area contributed by atoms with Crippen LogP contribution in [0.4, 0.5) is 5.69 Å². The number of anilines is 1. The minimum Gasteiger partial charge on any atom is -0.481 e. The van der Waals surface area contributed by atoms with E-state index in [1.54, 1.807) is 31.2 Å². The molecule has 7 nitrogen and oxygen atoms in total. The normalized spacial score (nSPS) is 16.5. The van der Waals surface area contributed by atoms with Gasteiger partial charge in [-0.2, -0.15) is 0 Å². The van der Waals surface area contributed by atoms with E-state index in [0.717, 1.165) is 5.56 Å². The van der Waals surface area contributed by atoms with Gasteiger partial charge < -0.3 is 10.4 Å². The zero-order chi connectivity index (χ0) is 18.4. The molecular formula is C17H24N2O5S. The predicted molar refractivity (Wildman–Crippen MR) is 94.8 cm³/mol. The second-order valence-electron chi connectivity index (χ2n) is 6.15. The van der Waals surface area contributed by atoms with E-state index in [-0.39, 0.29) is 24.0 Å². The summed E-state index contributed by atoms with van der Waals surface area (Å²) in [6.45, 7) is 2.37. The summed E-state index contributed by atoms with van der Waals surface area (Å²) in [6, 6.07) is 7.11. The minimum absolute atomic E-state index is 0.0744. The molecule has 1 aliphatic heterocycles. The van der Waals surface area contributed by atoms with Crippen molar-refractivity contribution in [3.8, 4) is 0 Å². The molecule has 8 heteroatoms. The van der Waals surface area contributed by atoms with E-state index in [1.165, 1.54) is 4.31 Å². The summed E-state index contributed by atoms with van der Waals surface area (Å²) < 4.78 is 25.1. The van der Waals surface area contributed by atoms with Crippen molar-refractivity contribution in [2.24, 2.45) is 5.92 Å². The Morgan fingerprint density at radius 3 is 2.32 bits per heavy atom. The molecule has 0 aromatic heterocycles. The van der Waals surface area contributed by atoms with Crippen LogP contribution in [0.1, 0.15) is 31.7 Å². The zero-order valence-electron chi connectivity index (χ0n) is 14.3. The van der Waals surface area contributed by atoms with Crippen LogP contribution in [0.25, 0.3) is 0 Å². The Morgan fingerprint density at radius 2 is 1.80 bits per heavy atom. The number of sulfonamides is 1. The third kappa shape index (κ3) is 5.54. The number of rotatable bonds is 7. The van der Waals surface area contributed by atoms with E-state index in [4.69, 9.17) is 5.11 Å². The van der Waals surface area contributed by atoms with Gasteiger partial charge in [-0.05, 0) is 43.9 Å². The average molecular weight is 368 g/mol. The number of hydrogen-bond acceptors (Lipinski definition) is 4. The molecule has 2 rings (SSSR count). The van der Waals surface area contributed by atoms with Crippen molar-refractivity contribution >= 4 is 27.6 Å². The number of carbonyl (C=O) groups excluding carboxylic acids is 1. The number of aryl methyl sites for hydroxylation is 1. The second-order valence-corrected chi connectivity index (χ2v) is 8.41. The molecule has 1 aromatic rings. The van der Waals surface area contributed by atoms with Crippen LogP contribution in [0.15, 0.2) is 24.3 Å². The maximum atomic E-state index is 12.3. The highest BCUT2D eigenvalue weighted by Gasteiger charge is 2.30. The van der Waals surface area contributed by atoms with Gasteiger partial charge in [-0.25, -0.2) is 12.7 Å². The molecule has 1 saturated heterocycles. The molecule has 1 amide bonds. The Labute approximate surface area is 148 Å². The van der Waals surface area contributed by atoms with Crippen molar-refractivity contribution in [3.05, 3.63) is 29.8 Å². The first-order chi connectivity index (χ1) is 11.8. The molecule has 0 saturated carbocycles. The number of carboxylic acids is 1. The fourth-order valence-electron chi connectivity index (χ4n) is 2.83. The number of piperidine rings is 1. The van der Waals surface area contributed by atoms with Crippen LogP contribution >= 0.6 is 0 Å². The minimum atomic E-state index is -3.19. The van der Waals surface area contributed by atoms with Gasteiger partial charge in [-0.3, -0.25) is 9.59 Å². The smallest absolute Gasteiger partial charge is 0.303 e. The van der Waals surface area contributed by atoms with Gasteiger partial charge >= 0.3 is 5.97 Å². The van der Waals surface area contributed by atoms with Gasteiger partial charge in [0.05, 0.1) is 5.75 Å². The Balaban J connectivity index is 1.85. The lowest BCUT2D eigenvalue weighted by molar-refractivity contribution is -0.137. The van der Waals surface area contributed by atoms with Gasteiger partial charge in [0.1, 0.15) is 0 Å². The molecule has 0 bridgehead atoms. The van der Waals surface area contributed by atoms with Crippen molar-refractivity contribution < 1.29 is 23.1 Å². The van der Waals surface area contributed by atoms with Gasteiger partial charge in [-0.1, -0.05) is 12.1 Å². The number of aliphatic carboxylic acids is 1. The molecule has 0 spiro atoms. The number of nitrogens with one attached hydrogen (secondary N) is 1. The number of carbonyl (C=O) groups is 2. The van der Waals surface area contributed by atoms with Crippen LogP contribution in [0.5, 0.6) is 0 Å². The van der Waals surface area contributed by atoms with E-state index in [9.17, 15) is 18.0 Å². The van der Waals surface area contributed by atoms with Gasteiger partial charge in [0.15, 0.2) is 0 Å². The fraction of sp³-hybridized carbons (Fsp3) is 0.529. The molecule has 1 heterocycles. The third-order valence-electron chi connectivity index (χ3n) is 4.43. The maximum Gasteiger partial charge on any atom is 0.303 e. The molecule has 0 unspecified atom stereocenters. The Hall–Kier alpha value is -1.93. The molecule has 0 aliphatic carbocycles. The number of nitrogens with zero attached hydrogens (tertiary/aromatic N) is 1. The molecule has 0 atom stereocenters. The van der Waals surface area contributed by atoms with Crippen molar-refractivity contribution in [1.29, 1.82) is 0 Å². The lowest BCUT2D eigenvalue weighted by Gasteiger charge is -2.30. The summed E-state index contributed by atoms with van der Waals surface area (Å²) in [5.41, 5.74) is 1.56. The Morgan fingerprint density at radius 1 is 1.20 bits per heavy atom. The van der Waals surface area contributed by atoms with Gasteiger partial charge in [0.25, 0.3) is 0 Å². The van der Waals surface area contributed by atoms with Crippen LogP contribution in [0.3, 0.4) is 0 Å². The zero-order valence-corrected chi connectivity index (χ0v) is 15.1. The largest absolute Gasteiger partial charge is 0.481 e. The highest BCUT2D eigenvalue weighted by Crippen LogP contribution is 2.22. The van der Waals surface area contributed by atoms with E-state index in [1.807, 2.05) is 0 Å². The lowest BCUT2D eigenvalue weighted by Crippen LogP contribution is -2.42. The highest BCUT2D eigenvalue weighted by atomic mass is 32.2. The summed E-state index contributed by atoms with van der Waals surface area (Å²) >= 11 is 0. The molecule has 1 aliphatic rings. The van der Waals surface area contributed by atoms with Crippen LogP contribution in [0.2, 0.25) is 0 Å². The molecule has 138 valence electrons. The van der Waals surface area contributed by atoms with Crippen LogP contribution in [0, 0.1) is 5.92 Å². The van der Waals surface area contributed by atoms with Crippen LogP contribution in [-0.2, 0) is 26.0 Å². The van der Waals surface area contributed by atoms with Crippen molar-refractivity contribution in [1.82, 2.24) is 4.31 Å². The lowest BCUT2D eigenvalue weighted by atomic mass is 9.97. The predicted octanol–water partition coefficient (Wildman–Crippen LogP) is 1.70. The third-order valence-corrected chi connectivity index (χ3v) is 6.31. The standard InChI is InChI=1S/C17H24N2O5S/c1-2-25(23,24)19-11-9-14(10-12-19)17(22)18-15-6-3-13(4-7-15)5-8-16(20)21/h3-4,6-7,14H,2,5,8-12H2,1H3,(H,18,22)(H,20,21). The Kier molecular flexibility index (Phi) is 6.55. The summed E-state index contributed by atoms with van der Waals surface area (Å²) in [7, 11) is -3.19. The second kappa shape index (κ2) is 8.44. The molecule has 1 fully saturated rings. The molecule has 0 radical (unpaired) electrons. The van der Waals surface area contributed by atoms with Gasteiger partial charge in [-0.15, -0.1) is 0 Å². The van der Waals surface area contributed by atoms with Crippen molar-refractivity contribution in [2.75, 3.05) is 24.2 Å².